The zero-order chi connectivity index (χ0) is 16.0. The Hall–Kier alpha value is -0.710. The van der Waals surface area contributed by atoms with Crippen LogP contribution in [0, 0.1) is 28.6 Å². The van der Waals surface area contributed by atoms with Crippen LogP contribution in [0.5, 0.6) is 0 Å². The summed E-state index contributed by atoms with van der Waals surface area (Å²) in [5, 5.41) is 20.9. The van der Waals surface area contributed by atoms with Crippen LogP contribution >= 0.6 is 0 Å². The molecule has 1 heterocycles. The van der Waals surface area contributed by atoms with Gasteiger partial charge in [-0.1, -0.05) is 12.5 Å². The topological polar surface area (TPSA) is 70.1 Å². The fourth-order valence-electron chi connectivity index (χ4n) is 6.98. The van der Waals surface area contributed by atoms with Crippen LogP contribution in [0.4, 0.5) is 0 Å². The average Bonchev–Trinajstić information content (AvgIpc) is 3.29. The Balaban J connectivity index is 1.57. The van der Waals surface area contributed by atoms with Gasteiger partial charge in [0.2, 0.25) is 0 Å². The third kappa shape index (κ3) is 1.60. The van der Waals surface area contributed by atoms with E-state index in [2.05, 4.69) is 6.92 Å². The van der Waals surface area contributed by atoms with Gasteiger partial charge in [-0.2, -0.15) is 0 Å². The molecule has 126 valence electrons. The quantitative estimate of drug-likeness (QED) is 0.724. The first kappa shape index (κ1) is 14.6. The molecule has 2 N–H and O–H groups in total. The van der Waals surface area contributed by atoms with Crippen LogP contribution in [0.2, 0.25) is 0 Å². The minimum absolute atomic E-state index is 0.0489. The summed E-state index contributed by atoms with van der Waals surface area (Å²) in [6, 6.07) is 0. The summed E-state index contributed by atoms with van der Waals surface area (Å²) < 4.78 is 5.75. The summed E-state index contributed by atoms with van der Waals surface area (Å²) >= 11 is 0. The SMILES string of the molecule is C[C@]12CC[C@H]3[C@@H](CCC4=CC(=O)[C@@H]5O[C@@H]5[C@@]43CO)[C@@H]1CC[C@@H]2O. The maximum absolute atomic E-state index is 12.1. The molecule has 8 atom stereocenters. The third-order valence-corrected chi connectivity index (χ3v) is 8.25. The lowest BCUT2D eigenvalue weighted by Crippen LogP contribution is -2.56. The second kappa shape index (κ2) is 4.47. The summed E-state index contributed by atoms with van der Waals surface area (Å²) in [5.41, 5.74) is 0.871. The van der Waals surface area contributed by atoms with E-state index in [1.54, 1.807) is 6.08 Å². The van der Waals surface area contributed by atoms with Crippen LogP contribution in [0.25, 0.3) is 0 Å². The first-order chi connectivity index (χ1) is 11.0. The van der Waals surface area contributed by atoms with E-state index < -0.39 is 0 Å². The number of hydrogen-bond acceptors (Lipinski definition) is 4. The van der Waals surface area contributed by atoms with E-state index in [-0.39, 0.29) is 41.5 Å². The van der Waals surface area contributed by atoms with Crippen molar-refractivity contribution in [1.82, 2.24) is 0 Å². The Morgan fingerprint density at radius 1 is 1.26 bits per heavy atom. The number of carbonyl (C=O) groups is 1. The molecule has 23 heavy (non-hydrogen) atoms. The van der Waals surface area contributed by atoms with Gasteiger partial charge in [0, 0.05) is 5.41 Å². The normalized spacial score (nSPS) is 57.0. The number of ether oxygens (including phenoxy) is 1. The first-order valence-corrected chi connectivity index (χ1v) is 9.21. The average molecular weight is 318 g/mol. The highest BCUT2D eigenvalue weighted by atomic mass is 16.6. The predicted molar refractivity (Wildman–Crippen MR) is 83.6 cm³/mol. The molecule has 4 fully saturated rings. The second-order valence-electron chi connectivity index (χ2n) is 8.80. The highest BCUT2D eigenvalue weighted by molar-refractivity contribution is 5.98. The molecule has 4 aliphatic carbocycles. The van der Waals surface area contributed by atoms with Gasteiger partial charge in [-0.05, 0) is 67.8 Å². The van der Waals surface area contributed by atoms with E-state index in [1.165, 1.54) is 0 Å². The molecule has 1 saturated heterocycles. The smallest absolute Gasteiger partial charge is 0.187 e. The zero-order valence-corrected chi connectivity index (χ0v) is 13.7. The van der Waals surface area contributed by atoms with Crippen molar-refractivity contribution in [2.45, 2.75) is 63.8 Å². The Labute approximate surface area is 136 Å². The van der Waals surface area contributed by atoms with Gasteiger partial charge in [0.1, 0.15) is 12.2 Å². The third-order valence-electron chi connectivity index (χ3n) is 8.25. The minimum atomic E-state index is -0.323. The first-order valence-electron chi connectivity index (χ1n) is 9.21. The lowest BCUT2D eigenvalue weighted by Gasteiger charge is -2.57. The highest BCUT2D eigenvalue weighted by Crippen LogP contribution is 2.67. The van der Waals surface area contributed by atoms with Gasteiger partial charge in [0.05, 0.1) is 12.7 Å². The van der Waals surface area contributed by atoms with Crippen LogP contribution in [0.1, 0.15) is 45.4 Å². The van der Waals surface area contributed by atoms with Crippen LogP contribution in [-0.2, 0) is 9.53 Å². The largest absolute Gasteiger partial charge is 0.395 e. The molecule has 0 aromatic heterocycles. The molecular formula is C19H26O4. The maximum atomic E-state index is 12.1. The molecule has 0 unspecified atom stereocenters. The predicted octanol–water partition coefficient (Wildman–Crippen LogP) is 1.84. The fraction of sp³-hybridized carbons (Fsp3) is 0.842. The van der Waals surface area contributed by atoms with E-state index >= 15 is 0 Å². The molecule has 0 radical (unpaired) electrons. The Kier molecular flexibility index (Phi) is 2.84. The zero-order valence-electron chi connectivity index (χ0n) is 13.7. The van der Waals surface area contributed by atoms with Crippen molar-refractivity contribution in [3.63, 3.8) is 0 Å². The molecule has 0 spiro atoms. The van der Waals surface area contributed by atoms with Crippen molar-refractivity contribution in [2.24, 2.45) is 28.6 Å². The van der Waals surface area contributed by atoms with E-state index in [0.29, 0.717) is 17.8 Å². The molecule has 0 aromatic carbocycles. The van der Waals surface area contributed by atoms with E-state index in [9.17, 15) is 15.0 Å². The number of hydrogen-bond donors (Lipinski definition) is 2. The lowest BCUT2D eigenvalue weighted by atomic mass is 9.47. The summed E-state index contributed by atoms with van der Waals surface area (Å²) in [5.74, 6) is 1.60. The molecule has 3 saturated carbocycles. The molecule has 4 nitrogen and oxygen atoms in total. The lowest BCUT2D eigenvalue weighted by molar-refractivity contribution is -0.117. The molecular weight excluding hydrogens is 292 g/mol. The van der Waals surface area contributed by atoms with E-state index in [0.717, 1.165) is 44.1 Å². The van der Waals surface area contributed by atoms with Crippen LogP contribution < -0.4 is 0 Å². The van der Waals surface area contributed by atoms with Crippen molar-refractivity contribution in [3.8, 4) is 0 Å². The number of rotatable bonds is 1. The van der Waals surface area contributed by atoms with Crippen LogP contribution in [-0.4, -0.2) is 40.9 Å². The van der Waals surface area contributed by atoms with Gasteiger partial charge in [0.25, 0.3) is 0 Å². The van der Waals surface area contributed by atoms with Gasteiger partial charge in [-0.25, -0.2) is 0 Å². The second-order valence-corrected chi connectivity index (χ2v) is 8.80. The number of aliphatic hydroxyl groups excluding tert-OH is 2. The Morgan fingerprint density at radius 3 is 2.87 bits per heavy atom. The summed E-state index contributed by atoms with van der Waals surface area (Å²) in [7, 11) is 0. The van der Waals surface area contributed by atoms with Gasteiger partial charge in [-0.3, -0.25) is 4.79 Å². The van der Waals surface area contributed by atoms with Crippen molar-refractivity contribution >= 4 is 5.78 Å². The minimum Gasteiger partial charge on any atom is -0.395 e. The molecule has 0 bridgehead atoms. The molecule has 1 aliphatic heterocycles. The number of fused-ring (bicyclic) bond motifs is 7. The summed E-state index contributed by atoms with van der Waals surface area (Å²) in [6.45, 7) is 2.36. The molecule has 4 heteroatoms. The molecule has 5 aliphatic rings. The maximum Gasteiger partial charge on any atom is 0.187 e. The van der Waals surface area contributed by atoms with E-state index in [4.69, 9.17) is 4.74 Å². The number of ketones is 1. The molecule has 0 amide bonds. The van der Waals surface area contributed by atoms with Crippen molar-refractivity contribution in [2.75, 3.05) is 6.61 Å². The van der Waals surface area contributed by atoms with Crippen molar-refractivity contribution in [1.29, 1.82) is 0 Å². The number of aliphatic hydroxyl groups is 2. The van der Waals surface area contributed by atoms with Gasteiger partial charge in [0.15, 0.2) is 5.78 Å². The van der Waals surface area contributed by atoms with Gasteiger partial charge < -0.3 is 14.9 Å². The highest BCUT2D eigenvalue weighted by Gasteiger charge is 2.69. The monoisotopic (exact) mass is 318 g/mol. The van der Waals surface area contributed by atoms with E-state index in [1.807, 2.05) is 0 Å². The van der Waals surface area contributed by atoms with Crippen LogP contribution in [0.3, 0.4) is 0 Å². The van der Waals surface area contributed by atoms with Crippen molar-refractivity contribution < 1.29 is 19.7 Å². The Morgan fingerprint density at radius 2 is 2.09 bits per heavy atom. The summed E-state index contributed by atoms with van der Waals surface area (Å²) in [6.07, 6.45) is 7.31. The standard InChI is InChI=1S/C19H26O4/c1-18-7-6-13-11(12(18)4-5-15(18)22)3-2-10-8-14(21)16-17(23-16)19(10,13)9-20/h8,11-13,15-17,20,22H,2-7,9H2,1H3/t11-,12-,13-,15-,16-,17-,18-,19-/m0/s1. The Bertz CT molecular complexity index is 598. The van der Waals surface area contributed by atoms with Crippen LogP contribution in [0.15, 0.2) is 11.6 Å². The van der Waals surface area contributed by atoms with Gasteiger partial charge in [-0.15, -0.1) is 0 Å². The molecule has 5 rings (SSSR count). The number of epoxide rings is 1. The fourth-order valence-corrected chi connectivity index (χ4v) is 6.98. The van der Waals surface area contributed by atoms with Gasteiger partial charge >= 0.3 is 0 Å². The van der Waals surface area contributed by atoms with Crippen molar-refractivity contribution in [3.05, 3.63) is 11.6 Å². The summed E-state index contributed by atoms with van der Waals surface area (Å²) in [4.78, 5) is 12.1. The number of carbonyl (C=O) groups excluding carboxylic acids is 1. The molecule has 0 aromatic rings.